The molecule has 0 unspecified atom stereocenters. The summed E-state index contributed by atoms with van der Waals surface area (Å²) in [5.41, 5.74) is 0.986. The molecule has 0 saturated carbocycles. The first-order valence-electron chi connectivity index (χ1n) is 5.70. The SMILES string of the molecule is [C-]#[N+]/C(=C\c1ccccc1F)c1ccc([N+](=O)[O-])cc1. The highest BCUT2D eigenvalue weighted by Crippen LogP contribution is 2.23. The van der Waals surface area contributed by atoms with E-state index in [4.69, 9.17) is 6.57 Å². The minimum absolute atomic E-state index is 0.0519. The zero-order valence-corrected chi connectivity index (χ0v) is 10.3. The van der Waals surface area contributed by atoms with Crippen molar-refractivity contribution in [3.63, 3.8) is 0 Å². The Morgan fingerprint density at radius 1 is 1.20 bits per heavy atom. The number of hydrogen-bond acceptors (Lipinski definition) is 2. The first kappa shape index (κ1) is 13.4. The van der Waals surface area contributed by atoms with Crippen LogP contribution in [-0.4, -0.2) is 4.92 Å². The molecule has 0 aromatic heterocycles. The van der Waals surface area contributed by atoms with E-state index >= 15 is 0 Å². The van der Waals surface area contributed by atoms with E-state index < -0.39 is 10.7 Å². The predicted octanol–water partition coefficient (Wildman–Crippen LogP) is 4.15. The van der Waals surface area contributed by atoms with Gasteiger partial charge in [0, 0.05) is 12.1 Å². The number of rotatable bonds is 3. The first-order chi connectivity index (χ1) is 9.61. The van der Waals surface area contributed by atoms with E-state index in [-0.39, 0.29) is 11.4 Å². The highest BCUT2D eigenvalue weighted by atomic mass is 19.1. The summed E-state index contributed by atoms with van der Waals surface area (Å²) in [6, 6.07) is 11.7. The highest BCUT2D eigenvalue weighted by molar-refractivity contribution is 5.85. The molecule has 2 rings (SSSR count). The molecule has 0 aliphatic carbocycles. The summed E-state index contributed by atoms with van der Waals surface area (Å²) in [5.74, 6) is -0.421. The van der Waals surface area contributed by atoms with Gasteiger partial charge >= 0.3 is 0 Å². The number of benzene rings is 2. The molecule has 0 spiro atoms. The van der Waals surface area contributed by atoms with Gasteiger partial charge in [-0.2, -0.15) is 0 Å². The van der Waals surface area contributed by atoms with Crippen molar-refractivity contribution in [1.29, 1.82) is 0 Å². The summed E-state index contributed by atoms with van der Waals surface area (Å²) in [6.45, 7) is 7.16. The fourth-order valence-corrected chi connectivity index (χ4v) is 1.67. The summed E-state index contributed by atoms with van der Waals surface area (Å²) in [4.78, 5) is 13.4. The molecule has 0 atom stereocenters. The van der Waals surface area contributed by atoms with Crippen molar-refractivity contribution in [1.82, 2.24) is 0 Å². The highest BCUT2D eigenvalue weighted by Gasteiger charge is 2.08. The van der Waals surface area contributed by atoms with E-state index in [9.17, 15) is 14.5 Å². The summed E-state index contributed by atoms with van der Waals surface area (Å²) in [7, 11) is 0. The molecule has 0 fully saturated rings. The second-order valence-corrected chi connectivity index (χ2v) is 3.97. The molecule has 0 N–H and O–H groups in total. The fraction of sp³-hybridized carbons (Fsp3) is 0. The molecule has 0 aliphatic rings. The lowest BCUT2D eigenvalue weighted by Crippen LogP contribution is -1.88. The Morgan fingerprint density at radius 2 is 1.85 bits per heavy atom. The van der Waals surface area contributed by atoms with Crippen LogP contribution in [0.4, 0.5) is 10.1 Å². The van der Waals surface area contributed by atoms with Crippen LogP contribution in [0.15, 0.2) is 48.5 Å². The van der Waals surface area contributed by atoms with Gasteiger partial charge in [-0.3, -0.25) is 10.1 Å². The van der Waals surface area contributed by atoms with Crippen molar-refractivity contribution >= 4 is 17.5 Å². The second-order valence-electron chi connectivity index (χ2n) is 3.97. The fourth-order valence-electron chi connectivity index (χ4n) is 1.67. The Balaban J connectivity index is 2.41. The Kier molecular flexibility index (Phi) is 3.87. The van der Waals surface area contributed by atoms with Gasteiger partial charge in [0.2, 0.25) is 0 Å². The van der Waals surface area contributed by atoms with Crippen LogP contribution in [0.25, 0.3) is 16.6 Å². The lowest BCUT2D eigenvalue weighted by Gasteiger charge is -2.01. The standard InChI is InChI=1S/C15H9FN2O2/c1-17-15(10-12-4-2-3-5-14(12)16)11-6-8-13(9-7-11)18(19)20/h2-10H/b15-10-. The molecule has 5 heteroatoms. The molecule has 4 nitrogen and oxygen atoms in total. The average Bonchev–Trinajstić information content (AvgIpc) is 2.46. The molecular formula is C15H9FN2O2. The predicted molar refractivity (Wildman–Crippen MR) is 74.0 cm³/mol. The maximum absolute atomic E-state index is 13.5. The second kappa shape index (κ2) is 5.76. The minimum atomic E-state index is -0.512. The summed E-state index contributed by atoms with van der Waals surface area (Å²) < 4.78 is 13.5. The number of nitro groups is 1. The third-order valence-corrected chi connectivity index (χ3v) is 2.69. The van der Waals surface area contributed by atoms with Crippen LogP contribution in [0.3, 0.4) is 0 Å². The van der Waals surface area contributed by atoms with Crippen LogP contribution >= 0.6 is 0 Å². The third-order valence-electron chi connectivity index (χ3n) is 2.69. The van der Waals surface area contributed by atoms with Gasteiger partial charge in [0.25, 0.3) is 5.69 Å². The lowest BCUT2D eigenvalue weighted by molar-refractivity contribution is -0.384. The Bertz CT molecular complexity index is 715. The van der Waals surface area contributed by atoms with Crippen molar-refractivity contribution in [2.24, 2.45) is 0 Å². The number of nitro benzene ring substituents is 1. The molecule has 0 saturated heterocycles. The van der Waals surface area contributed by atoms with Gasteiger partial charge in [0.15, 0.2) is 5.70 Å². The lowest BCUT2D eigenvalue weighted by atomic mass is 10.1. The van der Waals surface area contributed by atoms with Crippen molar-refractivity contribution in [2.75, 3.05) is 0 Å². The van der Waals surface area contributed by atoms with Crippen LogP contribution < -0.4 is 0 Å². The summed E-state index contributed by atoms with van der Waals surface area (Å²) in [5, 5.41) is 10.6. The summed E-state index contributed by atoms with van der Waals surface area (Å²) >= 11 is 0. The largest absolute Gasteiger partial charge is 0.269 e. The van der Waals surface area contributed by atoms with Crippen molar-refractivity contribution in [2.45, 2.75) is 0 Å². The Hall–Kier alpha value is -3.00. The molecule has 2 aromatic rings. The monoisotopic (exact) mass is 268 g/mol. The van der Waals surface area contributed by atoms with Crippen molar-refractivity contribution in [3.05, 3.63) is 87.0 Å². The van der Waals surface area contributed by atoms with E-state index in [0.717, 1.165) is 0 Å². The molecule has 98 valence electrons. The van der Waals surface area contributed by atoms with E-state index in [2.05, 4.69) is 4.85 Å². The van der Waals surface area contributed by atoms with Crippen LogP contribution in [0.1, 0.15) is 11.1 Å². The van der Waals surface area contributed by atoms with E-state index in [0.29, 0.717) is 11.1 Å². The van der Waals surface area contributed by atoms with Gasteiger partial charge in [-0.1, -0.05) is 30.3 Å². The quantitative estimate of drug-likeness (QED) is 0.363. The number of hydrogen-bond donors (Lipinski definition) is 0. The number of non-ortho nitro benzene ring substituents is 1. The molecule has 0 heterocycles. The van der Waals surface area contributed by atoms with Crippen molar-refractivity contribution < 1.29 is 9.31 Å². The van der Waals surface area contributed by atoms with Gasteiger partial charge in [-0.15, -0.1) is 0 Å². The van der Waals surface area contributed by atoms with E-state index in [1.165, 1.54) is 36.4 Å². The van der Waals surface area contributed by atoms with Gasteiger partial charge < -0.3 is 0 Å². The smallest absolute Gasteiger partial charge is 0.258 e. The minimum Gasteiger partial charge on any atom is -0.258 e. The molecule has 0 bridgehead atoms. The average molecular weight is 268 g/mol. The molecule has 0 aliphatic heterocycles. The normalized spacial score (nSPS) is 10.9. The Morgan fingerprint density at radius 3 is 2.40 bits per heavy atom. The van der Waals surface area contributed by atoms with Crippen LogP contribution in [0.2, 0.25) is 0 Å². The van der Waals surface area contributed by atoms with Gasteiger partial charge in [0.1, 0.15) is 5.82 Å². The molecule has 0 radical (unpaired) electrons. The molecular weight excluding hydrogens is 259 g/mol. The topological polar surface area (TPSA) is 47.5 Å². The van der Waals surface area contributed by atoms with Crippen LogP contribution in [0.5, 0.6) is 0 Å². The van der Waals surface area contributed by atoms with Crippen LogP contribution in [0, 0.1) is 22.5 Å². The molecule has 2 aromatic carbocycles. The van der Waals surface area contributed by atoms with Gasteiger partial charge in [-0.05, 0) is 23.3 Å². The summed E-state index contributed by atoms with van der Waals surface area (Å²) in [6.07, 6.45) is 1.42. The van der Waals surface area contributed by atoms with Crippen molar-refractivity contribution in [3.8, 4) is 0 Å². The first-order valence-corrected chi connectivity index (χ1v) is 5.70. The number of halogens is 1. The molecule has 0 amide bonds. The third kappa shape index (κ3) is 2.87. The van der Waals surface area contributed by atoms with Gasteiger partial charge in [-0.25, -0.2) is 9.24 Å². The molecule has 20 heavy (non-hydrogen) atoms. The zero-order chi connectivity index (χ0) is 14.5. The van der Waals surface area contributed by atoms with E-state index in [1.807, 2.05) is 0 Å². The van der Waals surface area contributed by atoms with Gasteiger partial charge in [0.05, 0.1) is 11.5 Å². The van der Waals surface area contributed by atoms with E-state index in [1.54, 1.807) is 18.2 Å². The van der Waals surface area contributed by atoms with Crippen LogP contribution in [-0.2, 0) is 0 Å². The zero-order valence-electron chi connectivity index (χ0n) is 10.3. The number of nitrogens with zero attached hydrogens (tertiary/aromatic N) is 2. The Labute approximate surface area is 114 Å². The maximum atomic E-state index is 13.5. The maximum Gasteiger partial charge on any atom is 0.269 e.